The minimum atomic E-state index is -3.19. The van der Waals surface area contributed by atoms with Gasteiger partial charge in [-0.3, -0.25) is 0 Å². The minimum Gasteiger partial charge on any atom is -0.330 e. The Morgan fingerprint density at radius 3 is 2.33 bits per heavy atom. The normalized spacial score (nSPS) is 13.8. The van der Waals surface area contributed by atoms with E-state index in [-0.39, 0.29) is 11.7 Å². The van der Waals surface area contributed by atoms with Gasteiger partial charge in [-0.25, -0.2) is 8.42 Å². The van der Waals surface area contributed by atoms with Crippen LogP contribution in [0.3, 0.4) is 0 Å². The fourth-order valence-corrected chi connectivity index (χ4v) is 3.07. The predicted molar refractivity (Wildman–Crippen MR) is 64.4 cm³/mol. The number of nitrogens with two attached hydrogens (primary N) is 1. The molecule has 1 aromatic carbocycles. The Hall–Kier alpha value is -0.390. The first-order chi connectivity index (χ1) is 6.95. The van der Waals surface area contributed by atoms with Gasteiger partial charge in [-0.2, -0.15) is 0 Å². The molecule has 2 N–H and O–H groups in total. The first-order valence-corrected chi connectivity index (χ1v) is 7.08. The Labute approximate surface area is 98.7 Å². The maximum atomic E-state index is 11.8. The highest BCUT2D eigenvalue weighted by Gasteiger charge is 2.17. The smallest absolute Gasteiger partial charge is 0.178 e. The van der Waals surface area contributed by atoms with Crippen LogP contribution in [-0.2, 0) is 9.84 Å². The van der Waals surface area contributed by atoms with Gasteiger partial charge in [0.05, 0.1) is 10.6 Å². The van der Waals surface area contributed by atoms with Crippen molar-refractivity contribution >= 4 is 25.8 Å². The fourth-order valence-electron chi connectivity index (χ4n) is 1.18. The van der Waals surface area contributed by atoms with Crippen LogP contribution < -0.4 is 5.73 Å². The zero-order valence-electron chi connectivity index (χ0n) is 8.48. The maximum Gasteiger partial charge on any atom is 0.178 e. The van der Waals surface area contributed by atoms with Gasteiger partial charge in [0.2, 0.25) is 0 Å². The van der Waals surface area contributed by atoms with Crippen molar-refractivity contribution in [2.75, 3.05) is 12.3 Å². The summed E-state index contributed by atoms with van der Waals surface area (Å²) in [5, 5.41) is 0. The molecule has 0 aliphatic heterocycles. The van der Waals surface area contributed by atoms with E-state index in [1.807, 2.05) is 6.92 Å². The summed E-state index contributed by atoms with van der Waals surface area (Å²) in [7, 11) is -3.19. The topological polar surface area (TPSA) is 60.2 Å². The van der Waals surface area contributed by atoms with Crippen LogP contribution in [0, 0.1) is 5.92 Å². The molecular weight excluding hydrogens is 278 g/mol. The third kappa shape index (κ3) is 3.59. The minimum absolute atomic E-state index is 0.0151. The molecule has 1 unspecified atom stereocenters. The molecule has 5 heteroatoms. The molecule has 0 saturated carbocycles. The number of hydrogen-bond donors (Lipinski definition) is 1. The lowest BCUT2D eigenvalue weighted by Crippen LogP contribution is -2.21. The number of benzene rings is 1. The molecule has 0 bridgehead atoms. The molecular formula is C10H14BrNO2S. The van der Waals surface area contributed by atoms with E-state index in [9.17, 15) is 8.42 Å². The molecule has 0 aliphatic carbocycles. The van der Waals surface area contributed by atoms with Crippen LogP contribution in [0.5, 0.6) is 0 Å². The summed E-state index contributed by atoms with van der Waals surface area (Å²) >= 11 is 3.26. The number of halogens is 1. The van der Waals surface area contributed by atoms with Gasteiger partial charge in [-0.1, -0.05) is 22.9 Å². The molecule has 1 rings (SSSR count). The molecule has 0 fully saturated rings. The van der Waals surface area contributed by atoms with E-state index in [0.29, 0.717) is 11.4 Å². The molecule has 15 heavy (non-hydrogen) atoms. The van der Waals surface area contributed by atoms with Crippen LogP contribution in [0.25, 0.3) is 0 Å². The fraction of sp³-hybridized carbons (Fsp3) is 0.400. The van der Waals surface area contributed by atoms with Crippen molar-refractivity contribution in [3.63, 3.8) is 0 Å². The maximum absolute atomic E-state index is 11.8. The van der Waals surface area contributed by atoms with Gasteiger partial charge >= 0.3 is 0 Å². The molecule has 3 nitrogen and oxygen atoms in total. The number of rotatable bonds is 4. The third-order valence-corrected chi connectivity index (χ3v) is 4.61. The van der Waals surface area contributed by atoms with Crippen molar-refractivity contribution in [3.05, 3.63) is 28.7 Å². The Morgan fingerprint density at radius 2 is 1.87 bits per heavy atom. The second-order valence-corrected chi connectivity index (χ2v) is 6.53. The first-order valence-electron chi connectivity index (χ1n) is 4.64. The largest absolute Gasteiger partial charge is 0.330 e. The first kappa shape index (κ1) is 12.7. The Balaban J connectivity index is 2.91. The van der Waals surface area contributed by atoms with Crippen LogP contribution in [0.15, 0.2) is 33.6 Å². The lowest BCUT2D eigenvalue weighted by atomic mass is 10.2. The molecule has 0 aliphatic rings. The monoisotopic (exact) mass is 291 g/mol. The van der Waals surface area contributed by atoms with Crippen molar-refractivity contribution in [1.82, 2.24) is 0 Å². The molecule has 0 heterocycles. The van der Waals surface area contributed by atoms with E-state index in [2.05, 4.69) is 15.9 Å². The summed E-state index contributed by atoms with van der Waals surface area (Å²) in [6, 6.07) is 6.64. The summed E-state index contributed by atoms with van der Waals surface area (Å²) in [6.07, 6.45) is 0. The highest BCUT2D eigenvalue weighted by Crippen LogP contribution is 2.17. The zero-order chi connectivity index (χ0) is 11.5. The van der Waals surface area contributed by atoms with Crippen LogP contribution in [0.2, 0.25) is 0 Å². The van der Waals surface area contributed by atoms with E-state index in [0.717, 1.165) is 4.47 Å². The Morgan fingerprint density at radius 1 is 1.33 bits per heavy atom. The highest BCUT2D eigenvalue weighted by molar-refractivity contribution is 9.10. The SMILES string of the molecule is CC(CN)CS(=O)(=O)c1ccc(Br)cc1. The zero-order valence-corrected chi connectivity index (χ0v) is 10.9. The molecule has 0 aromatic heterocycles. The second-order valence-electron chi connectivity index (χ2n) is 3.58. The van der Waals surface area contributed by atoms with Crippen molar-refractivity contribution in [2.24, 2.45) is 11.7 Å². The molecule has 84 valence electrons. The van der Waals surface area contributed by atoms with Gasteiger partial charge in [-0.15, -0.1) is 0 Å². The van der Waals surface area contributed by atoms with Crippen LogP contribution in [-0.4, -0.2) is 20.7 Å². The molecule has 0 saturated heterocycles. The molecule has 1 atom stereocenters. The lowest BCUT2D eigenvalue weighted by molar-refractivity contribution is 0.574. The number of sulfone groups is 1. The molecule has 1 aromatic rings. The quantitative estimate of drug-likeness (QED) is 0.920. The van der Waals surface area contributed by atoms with Gasteiger partial charge in [-0.05, 0) is 36.7 Å². The summed E-state index contributed by atoms with van der Waals surface area (Å²) < 4.78 is 24.6. The summed E-state index contributed by atoms with van der Waals surface area (Å²) in [5.74, 6) is 0.0872. The highest BCUT2D eigenvalue weighted by atomic mass is 79.9. The van der Waals surface area contributed by atoms with E-state index < -0.39 is 9.84 Å². The third-order valence-electron chi connectivity index (χ3n) is 2.08. The van der Waals surface area contributed by atoms with Crippen LogP contribution in [0.4, 0.5) is 0 Å². The molecule has 0 radical (unpaired) electrons. The second kappa shape index (κ2) is 5.09. The summed E-state index contributed by atoms with van der Waals surface area (Å²) in [6.45, 7) is 2.21. The van der Waals surface area contributed by atoms with Gasteiger partial charge in [0.15, 0.2) is 9.84 Å². The standard InChI is InChI=1S/C10H14BrNO2S/c1-8(6-12)7-15(13,14)10-4-2-9(11)3-5-10/h2-5,8H,6-7,12H2,1H3. The Kier molecular flexibility index (Phi) is 4.31. The number of hydrogen-bond acceptors (Lipinski definition) is 3. The van der Waals surface area contributed by atoms with Gasteiger partial charge in [0.1, 0.15) is 0 Å². The van der Waals surface area contributed by atoms with Crippen molar-refractivity contribution < 1.29 is 8.42 Å². The summed E-state index contributed by atoms with van der Waals surface area (Å²) in [4.78, 5) is 0.353. The van der Waals surface area contributed by atoms with Crippen LogP contribution in [0.1, 0.15) is 6.92 Å². The average Bonchev–Trinajstić information content (AvgIpc) is 2.17. The van der Waals surface area contributed by atoms with E-state index in [1.54, 1.807) is 24.3 Å². The average molecular weight is 292 g/mol. The van der Waals surface area contributed by atoms with Crippen LogP contribution >= 0.6 is 15.9 Å². The van der Waals surface area contributed by atoms with Crippen molar-refractivity contribution in [3.8, 4) is 0 Å². The predicted octanol–water partition coefficient (Wildman–Crippen LogP) is 1.82. The Bertz CT molecular complexity index is 414. The van der Waals surface area contributed by atoms with E-state index in [4.69, 9.17) is 5.73 Å². The van der Waals surface area contributed by atoms with Crippen molar-refractivity contribution in [2.45, 2.75) is 11.8 Å². The summed E-state index contributed by atoms with van der Waals surface area (Å²) in [5.41, 5.74) is 5.41. The molecule has 0 spiro atoms. The van der Waals surface area contributed by atoms with E-state index in [1.165, 1.54) is 0 Å². The van der Waals surface area contributed by atoms with Gasteiger partial charge in [0.25, 0.3) is 0 Å². The van der Waals surface area contributed by atoms with Gasteiger partial charge in [0, 0.05) is 4.47 Å². The van der Waals surface area contributed by atoms with E-state index >= 15 is 0 Å². The van der Waals surface area contributed by atoms with Gasteiger partial charge < -0.3 is 5.73 Å². The lowest BCUT2D eigenvalue weighted by Gasteiger charge is -2.09. The molecule has 0 amide bonds. The van der Waals surface area contributed by atoms with Crippen molar-refractivity contribution in [1.29, 1.82) is 0 Å².